The average Bonchev–Trinajstić information content (AvgIpc) is 2.03. The van der Waals surface area contributed by atoms with Crippen LogP contribution in [0.4, 0.5) is 0 Å². The first kappa shape index (κ1) is 8.00. The highest BCUT2D eigenvalue weighted by molar-refractivity contribution is 5.87. The fourth-order valence-corrected chi connectivity index (χ4v) is 0.848. The zero-order valence-electron chi connectivity index (χ0n) is 6.29. The SMILES string of the molecule is NC(N)=NN=C1CCCOC1. The molecule has 1 heterocycles. The molecule has 5 heteroatoms. The Kier molecular flexibility index (Phi) is 2.85. The van der Waals surface area contributed by atoms with E-state index in [1.165, 1.54) is 0 Å². The molecule has 1 saturated heterocycles. The van der Waals surface area contributed by atoms with E-state index in [0.717, 1.165) is 25.2 Å². The molecule has 0 aromatic heterocycles. The van der Waals surface area contributed by atoms with Crippen molar-refractivity contribution in [2.24, 2.45) is 21.7 Å². The molecule has 0 aromatic carbocycles. The lowest BCUT2D eigenvalue weighted by Crippen LogP contribution is -2.23. The Hall–Kier alpha value is -1.10. The summed E-state index contributed by atoms with van der Waals surface area (Å²) in [6.07, 6.45) is 1.93. The summed E-state index contributed by atoms with van der Waals surface area (Å²) in [4.78, 5) is 0. The van der Waals surface area contributed by atoms with Gasteiger partial charge in [0.2, 0.25) is 5.96 Å². The van der Waals surface area contributed by atoms with Gasteiger partial charge in [-0.25, -0.2) is 0 Å². The van der Waals surface area contributed by atoms with Crippen LogP contribution in [-0.4, -0.2) is 24.9 Å². The van der Waals surface area contributed by atoms with Crippen LogP contribution in [0.2, 0.25) is 0 Å². The molecule has 0 bridgehead atoms. The van der Waals surface area contributed by atoms with Crippen LogP contribution in [0.1, 0.15) is 12.8 Å². The van der Waals surface area contributed by atoms with Crippen LogP contribution in [0.5, 0.6) is 0 Å². The Morgan fingerprint density at radius 3 is 2.82 bits per heavy atom. The van der Waals surface area contributed by atoms with Gasteiger partial charge in [-0.1, -0.05) is 0 Å². The van der Waals surface area contributed by atoms with Crippen LogP contribution in [0.15, 0.2) is 10.2 Å². The minimum atomic E-state index is -0.0110. The van der Waals surface area contributed by atoms with Crippen molar-refractivity contribution in [1.82, 2.24) is 0 Å². The molecule has 1 aliphatic heterocycles. The van der Waals surface area contributed by atoms with Gasteiger partial charge in [0, 0.05) is 6.61 Å². The van der Waals surface area contributed by atoms with E-state index in [1.807, 2.05) is 0 Å². The van der Waals surface area contributed by atoms with E-state index < -0.39 is 0 Å². The van der Waals surface area contributed by atoms with Crippen LogP contribution < -0.4 is 11.5 Å². The van der Waals surface area contributed by atoms with Crippen molar-refractivity contribution in [2.75, 3.05) is 13.2 Å². The van der Waals surface area contributed by atoms with Crippen LogP contribution in [0.25, 0.3) is 0 Å². The second-order valence-electron chi connectivity index (χ2n) is 2.35. The first-order valence-corrected chi connectivity index (χ1v) is 3.51. The molecule has 0 saturated carbocycles. The maximum Gasteiger partial charge on any atom is 0.211 e. The van der Waals surface area contributed by atoms with E-state index in [4.69, 9.17) is 16.2 Å². The van der Waals surface area contributed by atoms with Gasteiger partial charge in [0.25, 0.3) is 0 Å². The monoisotopic (exact) mass is 156 g/mol. The Morgan fingerprint density at radius 1 is 1.45 bits per heavy atom. The van der Waals surface area contributed by atoms with Crippen molar-refractivity contribution in [1.29, 1.82) is 0 Å². The van der Waals surface area contributed by atoms with E-state index in [9.17, 15) is 0 Å². The summed E-state index contributed by atoms with van der Waals surface area (Å²) in [5.41, 5.74) is 11.1. The topological polar surface area (TPSA) is 86.0 Å². The molecule has 62 valence electrons. The molecule has 1 fully saturated rings. The summed E-state index contributed by atoms with van der Waals surface area (Å²) in [6.45, 7) is 1.36. The Bertz CT molecular complexity index is 175. The molecular formula is C6H12N4O. The molecule has 0 atom stereocenters. The second kappa shape index (κ2) is 3.92. The van der Waals surface area contributed by atoms with Gasteiger partial charge in [0.1, 0.15) is 0 Å². The molecule has 0 radical (unpaired) electrons. The maximum absolute atomic E-state index is 5.13. The molecule has 1 aliphatic rings. The molecule has 0 unspecified atom stereocenters. The number of rotatable bonds is 1. The number of ether oxygens (including phenoxy) is 1. The highest BCUT2D eigenvalue weighted by Gasteiger charge is 2.05. The van der Waals surface area contributed by atoms with Crippen LogP contribution in [0.3, 0.4) is 0 Å². The lowest BCUT2D eigenvalue weighted by atomic mass is 10.2. The summed E-state index contributed by atoms with van der Waals surface area (Å²) in [7, 11) is 0. The maximum atomic E-state index is 5.13. The molecular weight excluding hydrogens is 144 g/mol. The molecule has 1 rings (SSSR count). The summed E-state index contributed by atoms with van der Waals surface area (Å²) in [6, 6.07) is 0. The highest BCUT2D eigenvalue weighted by Crippen LogP contribution is 2.02. The zero-order valence-corrected chi connectivity index (χ0v) is 6.29. The van der Waals surface area contributed by atoms with Gasteiger partial charge >= 0.3 is 0 Å². The first-order chi connectivity index (χ1) is 5.29. The fourth-order valence-electron chi connectivity index (χ4n) is 0.848. The summed E-state index contributed by atoms with van der Waals surface area (Å²) in [5, 5.41) is 7.34. The summed E-state index contributed by atoms with van der Waals surface area (Å²) >= 11 is 0. The van der Waals surface area contributed by atoms with Gasteiger partial charge in [-0.2, -0.15) is 5.10 Å². The highest BCUT2D eigenvalue weighted by atomic mass is 16.5. The van der Waals surface area contributed by atoms with Gasteiger partial charge in [0.15, 0.2) is 0 Å². The predicted molar refractivity (Wildman–Crippen MR) is 43.3 cm³/mol. The molecule has 0 amide bonds. The van der Waals surface area contributed by atoms with Gasteiger partial charge in [-0.3, -0.25) is 0 Å². The number of guanidine groups is 1. The molecule has 11 heavy (non-hydrogen) atoms. The fraction of sp³-hybridized carbons (Fsp3) is 0.667. The second-order valence-corrected chi connectivity index (χ2v) is 2.35. The molecule has 0 aromatic rings. The smallest absolute Gasteiger partial charge is 0.211 e. The molecule has 4 N–H and O–H groups in total. The number of hydrogen-bond donors (Lipinski definition) is 2. The summed E-state index contributed by atoms with van der Waals surface area (Å²) in [5.74, 6) is -0.0110. The first-order valence-electron chi connectivity index (χ1n) is 3.51. The largest absolute Gasteiger partial charge is 0.375 e. The van der Waals surface area contributed by atoms with Crippen molar-refractivity contribution in [3.8, 4) is 0 Å². The van der Waals surface area contributed by atoms with Crippen molar-refractivity contribution in [2.45, 2.75) is 12.8 Å². The van der Waals surface area contributed by atoms with E-state index >= 15 is 0 Å². The van der Waals surface area contributed by atoms with Gasteiger partial charge in [-0.05, 0) is 12.8 Å². The van der Waals surface area contributed by atoms with Crippen molar-refractivity contribution >= 4 is 11.7 Å². The standard InChI is InChI=1S/C6H12N4O/c7-6(8)10-9-5-2-1-3-11-4-5/h1-4H2,(H4,7,8,10). The van der Waals surface area contributed by atoms with E-state index in [-0.39, 0.29) is 5.96 Å². The Balaban J connectivity index is 2.44. The lowest BCUT2D eigenvalue weighted by Gasteiger charge is -2.11. The number of hydrogen-bond acceptors (Lipinski definition) is 3. The Labute approximate surface area is 65.1 Å². The van der Waals surface area contributed by atoms with Crippen LogP contribution >= 0.6 is 0 Å². The van der Waals surface area contributed by atoms with E-state index in [0.29, 0.717) is 6.61 Å². The molecule has 0 aliphatic carbocycles. The minimum Gasteiger partial charge on any atom is -0.375 e. The van der Waals surface area contributed by atoms with Crippen LogP contribution in [0, 0.1) is 0 Å². The van der Waals surface area contributed by atoms with Crippen molar-refractivity contribution in [3.63, 3.8) is 0 Å². The predicted octanol–water partition coefficient (Wildman–Crippen LogP) is -0.574. The third-order valence-electron chi connectivity index (χ3n) is 1.33. The van der Waals surface area contributed by atoms with E-state index in [2.05, 4.69) is 10.2 Å². The summed E-state index contributed by atoms with van der Waals surface area (Å²) < 4.78 is 5.13. The number of nitrogens with zero attached hydrogens (tertiary/aromatic N) is 2. The minimum absolute atomic E-state index is 0.0110. The molecule has 5 nitrogen and oxygen atoms in total. The van der Waals surface area contributed by atoms with Gasteiger partial charge in [0.05, 0.1) is 12.3 Å². The van der Waals surface area contributed by atoms with Crippen LogP contribution in [-0.2, 0) is 4.74 Å². The third-order valence-corrected chi connectivity index (χ3v) is 1.33. The van der Waals surface area contributed by atoms with Crippen molar-refractivity contribution < 1.29 is 4.74 Å². The molecule has 0 spiro atoms. The normalized spacial score (nSPS) is 21.6. The lowest BCUT2D eigenvalue weighted by molar-refractivity contribution is 0.154. The quantitative estimate of drug-likeness (QED) is 0.303. The van der Waals surface area contributed by atoms with E-state index in [1.54, 1.807) is 0 Å². The number of nitrogens with two attached hydrogens (primary N) is 2. The van der Waals surface area contributed by atoms with Gasteiger partial charge < -0.3 is 16.2 Å². The van der Waals surface area contributed by atoms with Crippen molar-refractivity contribution in [3.05, 3.63) is 0 Å². The average molecular weight is 156 g/mol. The zero-order chi connectivity index (χ0) is 8.10. The van der Waals surface area contributed by atoms with Gasteiger partial charge in [-0.15, -0.1) is 5.10 Å². The third kappa shape index (κ3) is 2.99. The Morgan fingerprint density at radius 2 is 2.27 bits per heavy atom.